The SMILES string of the molecule is CC(C)c1ccc(-c2ccc(C(c3ccccc3)(c3ccccc3)c3ccccc3)cc2)cc1. The van der Waals surface area contributed by atoms with Crippen LogP contribution in [-0.2, 0) is 5.41 Å². The van der Waals surface area contributed by atoms with Crippen molar-refractivity contribution in [3.63, 3.8) is 0 Å². The molecule has 0 saturated heterocycles. The third-order valence-electron chi connectivity index (χ3n) is 6.85. The maximum Gasteiger partial charge on any atom is 0.0701 e. The highest BCUT2D eigenvalue weighted by molar-refractivity contribution is 5.67. The van der Waals surface area contributed by atoms with Gasteiger partial charge in [-0.05, 0) is 44.9 Å². The van der Waals surface area contributed by atoms with Crippen molar-refractivity contribution in [2.75, 3.05) is 0 Å². The van der Waals surface area contributed by atoms with Gasteiger partial charge in [0.1, 0.15) is 0 Å². The molecule has 0 unspecified atom stereocenters. The van der Waals surface area contributed by atoms with Gasteiger partial charge in [0, 0.05) is 0 Å². The van der Waals surface area contributed by atoms with Crippen LogP contribution in [0.5, 0.6) is 0 Å². The Hall–Kier alpha value is -3.90. The van der Waals surface area contributed by atoms with E-state index < -0.39 is 5.41 Å². The van der Waals surface area contributed by atoms with E-state index in [0.717, 1.165) is 0 Å². The van der Waals surface area contributed by atoms with Gasteiger partial charge in [-0.1, -0.05) is 153 Å². The summed E-state index contributed by atoms with van der Waals surface area (Å²) in [5, 5.41) is 0. The molecule has 0 nitrogen and oxygen atoms in total. The predicted octanol–water partition coefficient (Wildman–Crippen LogP) is 8.86. The fraction of sp³-hybridized carbons (Fsp3) is 0.118. The van der Waals surface area contributed by atoms with Crippen LogP contribution in [-0.4, -0.2) is 0 Å². The molecule has 0 heteroatoms. The van der Waals surface area contributed by atoms with Gasteiger partial charge in [-0.15, -0.1) is 0 Å². The van der Waals surface area contributed by atoms with Crippen molar-refractivity contribution < 1.29 is 0 Å². The van der Waals surface area contributed by atoms with E-state index in [1.54, 1.807) is 0 Å². The van der Waals surface area contributed by atoms with Crippen molar-refractivity contribution in [3.05, 3.63) is 167 Å². The molecular formula is C34H30. The van der Waals surface area contributed by atoms with E-state index in [-0.39, 0.29) is 0 Å². The first kappa shape index (κ1) is 21.9. The molecule has 5 rings (SSSR count). The number of rotatable bonds is 6. The van der Waals surface area contributed by atoms with Crippen LogP contribution in [0.4, 0.5) is 0 Å². The van der Waals surface area contributed by atoms with E-state index in [2.05, 4.69) is 153 Å². The Morgan fingerprint density at radius 1 is 0.382 bits per heavy atom. The molecule has 0 atom stereocenters. The van der Waals surface area contributed by atoms with E-state index in [0.29, 0.717) is 5.92 Å². The van der Waals surface area contributed by atoms with Gasteiger partial charge in [0.25, 0.3) is 0 Å². The van der Waals surface area contributed by atoms with E-state index in [4.69, 9.17) is 0 Å². The summed E-state index contributed by atoms with van der Waals surface area (Å²) in [6.45, 7) is 4.47. The van der Waals surface area contributed by atoms with Crippen LogP contribution >= 0.6 is 0 Å². The van der Waals surface area contributed by atoms with Crippen LogP contribution in [0.1, 0.15) is 47.6 Å². The molecule has 0 spiro atoms. The topological polar surface area (TPSA) is 0 Å². The first-order valence-electron chi connectivity index (χ1n) is 12.1. The quantitative estimate of drug-likeness (QED) is 0.232. The fourth-order valence-corrected chi connectivity index (χ4v) is 5.04. The average molecular weight is 439 g/mol. The van der Waals surface area contributed by atoms with Gasteiger partial charge in [0.2, 0.25) is 0 Å². The lowest BCUT2D eigenvalue weighted by Crippen LogP contribution is -2.30. The van der Waals surface area contributed by atoms with Gasteiger partial charge < -0.3 is 0 Å². The molecule has 0 heterocycles. The van der Waals surface area contributed by atoms with E-state index in [1.165, 1.54) is 38.9 Å². The molecule has 0 amide bonds. The van der Waals surface area contributed by atoms with E-state index >= 15 is 0 Å². The van der Waals surface area contributed by atoms with Gasteiger partial charge in [-0.25, -0.2) is 0 Å². The molecule has 34 heavy (non-hydrogen) atoms. The lowest BCUT2D eigenvalue weighted by atomic mass is 9.65. The molecule has 0 radical (unpaired) electrons. The Kier molecular flexibility index (Phi) is 6.14. The highest BCUT2D eigenvalue weighted by atomic mass is 14.4. The third kappa shape index (κ3) is 3.97. The van der Waals surface area contributed by atoms with Crippen LogP contribution < -0.4 is 0 Å². The molecule has 0 saturated carbocycles. The van der Waals surface area contributed by atoms with Crippen LogP contribution in [0.25, 0.3) is 11.1 Å². The lowest BCUT2D eigenvalue weighted by Gasteiger charge is -2.37. The number of benzene rings is 5. The standard InChI is InChI=1S/C34H30/c1-26(2)27-18-20-28(21-19-27)29-22-24-33(25-23-29)34(30-12-6-3-7-13-30,31-14-8-4-9-15-31)32-16-10-5-11-17-32/h3-26H,1-2H3. The molecule has 0 aliphatic heterocycles. The summed E-state index contributed by atoms with van der Waals surface area (Å²) in [6, 6.07) is 50.7. The third-order valence-corrected chi connectivity index (χ3v) is 6.85. The van der Waals surface area contributed by atoms with Crippen LogP contribution in [0.15, 0.2) is 140 Å². The summed E-state index contributed by atoms with van der Waals surface area (Å²) in [7, 11) is 0. The normalized spacial score (nSPS) is 11.5. The van der Waals surface area contributed by atoms with Crippen molar-refractivity contribution in [1.29, 1.82) is 0 Å². The molecule has 166 valence electrons. The molecule has 5 aromatic rings. The van der Waals surface area contributed by atoms with Crippen molar-refractivity contribution in [1.82, 2.24) is 0 Å². The Bertz CT molecular complexity index is 1220. The summed E-state index contributed by atoms with van der Waals surface area (Å²) in [5.41, 5.74) is 8.52. The van der Waals surface area contributed by atoms with Crippen molar-refractivity contribution in [2.24, 2.45) is 0 Å². The van der Waals surface area contributed by atoms with Gasteiger partial charge in [-0.2, -0.15) is 0 Å². The monoisotopic (exact) mass is 438 g/mol. The van der Waals surface area contributed by atoms with Gasteiger partial charge >= 0.3 is 0 Å². The van der Waals surface area contributed by atoms with E-state index in [9.17, 15) is 0 Å². The largest absolute Gasteiger partial charge is 0.0701 e. The minimum absolute atomic E-state index is 0.399. The Morgan fingerprint density at radius 3 is 1.06 bits per heavy atom. The summed E-state index contributed by atoms with van der Waals surface area (Å²) in [6.07, 6.45) is 0. The summed E-state index contributed by atoms with van der Waals surface area (Å²) in [4.78, 5) is 0. The Labute approximate surface area is 203 Å². The molecule has 5 aromatic carbocycles. The molecule has 0 aliphatic rings. The molecule has 0 bridgehead atoms. The minimum atomic E-state index is -0.399. The number of hydrogen-bond donors (Lipinski definition) is 0. The zero-order valence-corrected chi connectivity index (χ0v) is 19.9. The second kappa shape index (κ2) is 9.53. The zero-order valence-electron chi connectivity index (χ0n) is 19.9. The van der Waals surface area contributed by atoms with Crippen molar-refractivity contribution >= 4 is 0 Å². The predicted molar refractivity (Wildman–Crippen MR) is 144 cm³/mol. The summed E-state index contributed by atoms with van der Waals surface area (Å²) >= 11 is 0. The second-order valence-corrected chi connectivity index (χ2v) is 9.20. The molecule has 0 aromatic heterocycles. The van der Waals surface area contributed by atoms with Gasteiger partial charge in [0.05, 0.1) is 5.41 Å². The maximum absolute atomic E-state index is 2.30. The highest BCUT2D eigenvalue weighted by Crippen LogP contribution is 2.45. The molecule has 0 aliphatic carbocycles. The lowest BCUT2D eigenvalue weighted by molar-refractivity contribution is 0.745. The van der Waals surface area contributed by atoms with Crippen molar-refractivity contribution in [3.8, 4) is 11.1 Å². The van der Waals surface area contributed by atoms with Gasteiger partial charge in [-0.3, -0.25) is 0 Å². The van der Waals surface area contributed by atoms with Crippen LogP contribution in [0.2, 0.25) is 0 Å². The maximum atomic E-state index is 2.30. The van der Waals surface area contributed by atoms with Crippen LogP contribution in [0, 0.1) is 0 Å². The first-order chi connectivity index (χ1) is 16.7. The van der Waals surface area contributed by atoms with Gasteiger partial charge in [0.15, 0.2) is 0 Å². The van der Waals surface area contributed by atoms with E-state index in [1.807, 2.05) is 0 Å². The Morgan fingerprint density at radius 2 is 0.706 bits per heavy atom. The van der Waals surface area contributed by atoms with Crippen LogP contribution in [0.3, 0.4) is 0 Å². The summed E-state index contributed by atoms with van der Waals surface area (Å²) in [5.74, 6) is 0.541. The smallest absolute Gasteiger partial charge is 0.0622 e. The van der Waals surface area contributed by atoms with Crippen molar-refractivity contribution in [2.45, 2.75) is 25.2 Å². The first-order valence-corrected chi connectivity index (χ1v) is 12.1. The zero-order chi connectivity index (χ0) is 23.4. The highest BCUT2D eigenvalue weighted by Gasteiger charge is 2.38. The average Bonchev–Trinajstić information content (AvgIpc) is 2.91. The fourth-order valence-electron chi connectivity index (χ4n) is 5.04. The molecule has 0 N–H and O–H groups in total. The second-order valence-electron chi connectivity index (χ2n) is 9.20. The molecule has 0 fully saturated rings. The minimum Gasteiger partial charge on any atom is -0.0622 e. The summed E-state index contributed by atoms with van der Waals surface area (Å²) < 4.78 is 0. The molecular weight excluding hydrogens is 408 g/mol. The Balaban J connectivity index is 1.70. The number of hydrogen-bond acceptors (Lipinski definition) is 0.